The third-order valence-electron chi connectivity index (χ3n) is 6.59. The molecule has 1 aliphatic heterocycles. The minimum absolute atomic E-state index is 0.0456. The van der Waals surface area contributed by atoms with Crippen LogP contribution in [0.1, 0.15) is 45.1 Å². The number of hydrogen-bond donors (Lipinski definition) is 1. The molecule has 4 rings (SSSR count). The van der Waals surface area contributed by atoms with Gasteiger partial charge in [-0.25, -0.2) is 4.39 Å². The number of benzene rings is 3. The standard InChI is InChI=1S/C29H26FN3O4/c1-18-3-5-20(6-4-18)17-32-27(34)25-15-24(29(36)37-2)26(21-9-7-19(16-31)8-10-21)33(25)28(35)22-11-13-23(30)14-12-22/h3-14,24-26H,15,17H2,1-2H3,(H,32,34). The van der Waals surface area contributed by atoms with Crippen LogP contribution < -0.4 is 5.32 Å². The second kappa shape index (κ2) is 11.0. The number of likely N-dealkylation sites (tertiary alicyclic amines) is 1. The number of nitriles is 1. The molecule has 3 aromatic carbocycles. The van der Waals surface area contributed by atoms with Crippen molar-refractivity contribution in [2.75, 3.05) is 7.11 Å². The van der Waals surface area contributed by atoms with E-state index in [1.807, 2.05) is 37.3 Å². The summed E-state index contributed by atoms with van der Waals surface area (Å²) in [6.07, 6.45) is 0.0456. The van der Waals surface area contributed by atoms with Gasteiger partial charge in [0.15, 0.2) is 0 Å². The van der Waals surface area contributed by atoms with Crippen molar-refractivity contribution in [2.45, 2.75) is 32.0 Å². The summed E-state index contributed by atoms with van der Waals surface area (Å²) in [7, 11) is 1.26. The zero-order valence-electron chi connectivity index (χ0n) is 20.5. The number of amides is 2. The molecule has 3 aromatic rings. The highest BCUT2D eigenvalue weighted by molar-refractivity contribution is 5.99. The van der Waals surface area contributed by atoms with Gasteiger partial charge >= 0.3 is 5.97 Å². The molecule has 1 heterocycles. The normalized spacial score (nSPS) is 18.6. The van der Waals surface area contributed by atoms with Crippen LogP contribution in [0.3, 0.4) is 0 Å². The third kappa shape index (κ3) is 5.51. The van der Waals surface area contributed by atoms with Crippen molar-refractivity contribution in [3.05, 3.63) is 106 Å². The highest BCUT2D eigenvalue weighted by Gasteiger charge is 2.51. The Bertz CT molecular complexity index is 1330. The number of ether oxygens (including phenoxy) is 1. The molecule has 0 bridgehead atoms. The minimum Gasteiger partial charge on any atom is -0.469 e. The van der Waals surface area contributed by atoms with E-state index < -0.39 is 41.6 Å². The van der Waals surface area contributed by atoms with Crippen molar-refractivity contribution in [3.63, 3.8) is 0 Å². The van der Waals surface area contributed by atoms with Crippen molar-refractivity contribution < 1.29 is 23.5 Å². The summed E-state index contributed by atoms with van der Waals surface area (Å²) in [5.41, 5.74) is 3.16. The molecule has 7 nitrogen and oxygen atoms in total. The van der Waals surface area contributed by atoms with Gasteiger partial charge in [0.05, 0.1) is 30.7 Å². The fourth-order valence-electron chi connectivity index (χ4n) is 4.65. The van der Waals surface area contributed by atoms with Gasteiger partial charge in [0.1, 0.15) is 11.9 Å². The lowest BCUT2D eigenvalue weighted by Crippen LogP contribution is -2.46. The summed E-state index contributed by atoms with van der Waals surface area (Å²) in [6.45, 7) is 2.22. The Morgan fingerprint density at radius 3 is 2.27 bits per heavy atom. The molecule has 1 aliphatic rings. The van der Waals surface area contributed by atoms with E-state index in [0.29, 0.717) is 11.1 Å². The Morgan fingerprint density at radius 1 is 1.03 bits per heavy atom. The molecule has 0 aliphatic carbocycles. The van der Waals surface area contributed by atoms with Gasteiger partial charge in [0, 0.05) is 12.1 Å². The average Bonchev–Trinajstić information content (AvgIpc) is 3.33. The summed E-state index contributed by atoms with van der Waals surface area (Å²) in [5.74, 6) is -2.81. The largest absolute Gasteiger partial charge is 0.469 e. The molecular weight excluding hydrogens is 473 g/mol. The first-order valence-corrected chi connectivity index (χ1v) is 11.8. The summed E-state index contributed by atoms with van der Waals surface area (Å²) >= 11 is 0. The maximum atomic E-state index is 13.8. The van der Waals surface area contributed by atoms with Gasteiger partial charge in [-0.1, -0.05) is 42.0 Å². The highest BCUT2D eigenvalue weighted by Crippen LogP contribution is 2.43. The molecule has 0 radical (unpaired) electrons. The minimum atomic E-state index is -0.979. The Morgan fingerprint density at radius 2 is 1.68 bits per heavy atom. The molecular formula is C29H26FN3O4. The van der Waals surface area contributed by atoms with Crippen molar-refractivity contribution in [1.29, 1.82) is 5.26 Å². The Balaban J connectivity index is 1.72. The van der Waals surface area contributed by atoms with E-state index in [1.165, 1.54) is 36.3 Å². The maximum absolute atomic E-state index is 13.8. The summed E-state index contributed by atoms with van der Waals surface area (Å²) in [6, 6.07) is 19.5. The number of halogens is 1. The van der Waals surface area contributed by atoms with Gasteiger partial charge in [0.2, 0.25) is 5.91 Å². The van der Waals surface area contributed by atoms with E-state index in [4.69, 9.17) is 4.74 Å². The molecule has 2 amide bonds. The van der Waals surface area contributed by atoms with Gasteiger partial charge in [-0.3, -0.25) is 14.4 Å². The molecule has 1 fully saturated rings. The number of hydrogen-bond acceptors (Lipinski definition) is 5. The number of esters is 1. The smallest absolute Gasteiger partial charge is 0.311 e. The number of nitrogens with zero attached hydrogens (tertiary/aromatic N) is 2. The van der Waals surface area contributed by atoms with Crippen LogP contribution in [0.5, 0.6) is 0 Å². The summed E-state index contributed by atoms with van der Waals surface area (Å²) < 4.78 is 18.6. The molecule has 0 aromatic heterocycles. The molecule has 188 valence electrons. The van der Waals surface area contributed by atoms with Crippen molar-refractivity contribution in [2.24, 2.45) is 5.92 Å². The zero-order chi connectivity index (χ0) is 26.5. The molecule has 1 saturated heterocycles. The Hall–Kier alpha value is -4.51. The summed E-state index contributed by atoms with van der Waals surface area (Å²) in [4.78, 5) is 41.5. The first-order valence-electron chi connectivity index (χ1n) is 11.8. The number of nitrogens with one attached hydrogen (secondary N) is 1. The second-order valence-corrected chi connectivity index (χ2v) is 8.98. The van der Waals surface area contributed by atoms with Gasteiger partial charge in [-0.15, -0.1) is 0 Å². The van der Waals surface area contributed by atoms with E-state index in [1.54, 1.807) is 24.3 Å². The molecule has 8 heteroatoms. The fraction of sp³-hybridized carbons (Fsp3) is 0.241. The Labute approximate surface area is 214 Å². The maximum Gasteiger partial charge on any atom is 0.311 e. The van der Waals surface area contributed by atoms with Gasteiger partial charge in [0.25, 0.3) is 5.91 Å². The lowest BCUT2D eigenvalue weighted by molar-refractivity contribution is -0.146. The monoisotopic (exact) mass is 499 g/mol. The van der Waals surface area contributed by atoms with Gasteiger partial charge < -0.3 is 15.0 Å². The van der Waals surface area contributed by atoms with Crippen LogP contribution in [0.4, 0.5) is 4.39 Å². The fourth-order valence-corrected chi connectivity index (χ4v) is 4.65. The number of methoxy groups -OCH3 is 1. The molecule has 3 atom stereocenters. The van der Waals surface area contributed by atoms with Gasteiger partial charge in [-0.05, 0) is 60.9 Å². The summed E-state index contributed by atoms with van der Waals surface area (Å²) in [5, 5.41) is 12.1. The van der Waals surface area contributed by atoms with E-state index >= 15 is 0 Å². The predicted octanol–water partition coefficient (Wildman–Crippen LogP) is 4.07. The van der Waals surface area contributed by atoms with Crippen LogP contribution in [-0.2, 0) is 20.9 Å². The Kier molecular flexibility index (Phi) is 7.63. The zero-order valence-corrected chi connectivity index (χ0v) is 20.5. The topological polar surface area (TPSA) is 99.5 Å². The van der Waals surface area contributed by atoms with Crippen LogP contribution in [0.2, 0.25) is 0 Å². The van der Waals surface area contributed by atoms with Crippen molar-refractivity contribution in [3.8, 4) is 6.07 Å². The van der Waals surface area contributed by atoms with Crippen molar-refractivity contribution >= 4 is 17.8 Å². The first-order chi connectivity index (χ1) is 17.8. The van der Waals surface area contributed by atoms with Crippen LogP contribution in [0.15, 0.2) is 72.8 Å². The lowest BCUT2D eigenvalue weighted by atomic mass is 9.92. The molecule has 3 unspecified atom stereocenters. The number of carbonyl (C=O) groups is 3. The quantitative estimate of drug-likeness (QED) is 0.516. The highest BCUT2D eigenvalue weighted by atomic mass is 19.1. The average molecular weight is 500 g/mol. The molecule has 0 saturated carbocycles. The van der Waals surface area contributed by atoms with Crippen molar-refractivity contribution in [1.82, 2.24) is 10.2 Å². The molecule has 0 spiro atoms. The second-order valence-electron chi connectivity index (χ2n) is 8.98. The van der Waals surface area contributed by atoms with E-state index in [9.17, 15) is 24.0 Å². The van der Waals surface area contributed by atoms with E-state index in [2.05, 4.69) is 5.32 Å². The third-order valence-corrected chi connectivity index (χ3v) is 6.59. The van der Waals surface area contributed by atoms with Crippen LogP contribution in [0.25, 0.3) is 0 Å². The first kappa shape index (κ1) is 25.6. The van der Waals surface area contributed by atoms with E-state index in [0.717, 1.165) is 11.1 Å². The lowest BCUT2D eigenvalue weighted by Gasteiger charge is -2.31. The van der Waals surface area contributed by atoms with Crippen LogP contribution >= 0.6 is 0 Å². The number of carbonyl (C=O) groups excluding carboxylic acids is 3. The van der Waals surface area contributed by atoms with Gasteiger partial charge in [-0.2, -0.15) is 5.26 Å². The molecule has 1 N–H and O–H groups in total. The SMILES string of the molecule is COC(=O)C1CC(C(=O)NCc2ccc(C)cc2)N(C(=O)c2ccc(F)cc2)C1c1ccc(C#N)cc1. The van der Waals surface area contributed by atoms with E-state index in [-0.39, 0.29) is 18.5 Å². The number of aryl methyl sites for hydroxylation is 1. The predicted molar refractivity (Wildman–Crippen MR) is 133 cm³/mol. The number of rotatable bonds is 6. The molecule has 37 heavy (non-hydrogen) atoms. The van der Waals surface area contributed by atoms with Crippen LogP contribution in [0, 0.1) is 30.0 Å². The van der Waals surface area contributed by atoms with Crippen LogP contribution in [-0.4, -0.2) is 35.8 Å².